The molecule has 0 radical (unpaired) electrons. The lowest BCUT2D eigenvalue weighted by Crippen LogP contribution is -2.38. The molecule has 2 aromatic carbocycles. The third kappa shape index (κ3) is 4.20. The Balaban J connectivity index is 1.69. The number of carbonyl (C=O) groups excluding carboxylic acids is 3. The van der Waals surface area contributed by atoms with E-state index in [9.17, 15) is 14.4 Å². The van der Waals surface area contributed by atoms with Crippen LogP contribution in [0.15, 0.2) is 54.2 Å². The third-order valence-corrected chi connectivity index (χ3v) is 4.34. The highest BCUT2D eigenvalue weighted by Crippen LogP contribution is 2.23. The molecule has 1 heterocycles. The summed E-state index contributed by atoms with van der Waals surface area (Å²) in [7, 11) is 1.49. The molecule has 0 spiro atoms. The minimum Gasteiger partial charge on any atom is -0.495 e. The number of nitrogens with one attached hydrogen (secondary N) is 2. The van der Waals surface area contributed by atoms with Gasteiger partial charge in [0.25, 0.3) is 5.91 Å². The molecule has 0 saturated carbocycles. The van der Waals surface area contributed by atoms with Crippen LogP contribution in [-0.4, -0.2) is 36.4 Å². The van der Waals surface area contributed by atoms with E-state index in [1.165, 1.54) is 12.7 Å². The quantitative estimate of drug-likeness (QED) is 0.597. The van der Waals surface area contributed by atoms with Crippen molar-refractivity contribution in [3.63, 3.8) is 0 Å². The minimum atomic E-state index is -0.628. The summed E-state index contributed by atoms with van der Waals surface area (Å²) in [4.78, 5) is 37.8. The van der Waals surface area contributed by atoms with E-state index >= 15 is 0 Å². The van der Waals surface area contributed by atoms with Crippen molar-refractivity contribution in [2.45, 2.75) is 13.3 Å². The summed E-state index contributed by atoms with van der Waals surface area (Å²) in [6.45, 7) is 1.66. The molecule has 144 valence electrons. The molecule has 1 aliphatic heterocycles. The van der Waals surface area contributed by atoms with Crippen molar-refractivity contribution in [3.8, 4) is 5.75 Å². The lowest BCUT2D eigenvalue weighted by Gasteiger charge is -2.13. The van der Waals surface area contributed by atoms with Crippen LogP contribution in [-0.2, 0) is 16.0 Å². The molecule has 2 aromatic rings. The Morgan fingerprint density at radius 2 is 1.86 bits per heavy atom. The molecule has 0 unspecified atom stereocenters. The zero-order valence-corrected chi connectivity index (χ0v) is 15.7. The first-order chi connectivity index (χ1) is 13.5. The maximum atomic E-state index is 12.5. The largest absolute Gasteiger partial charge is 0.495 e. The van der Waals surface area contributed by atoms with E-state index in [-0.39, 0.29) is 5.70 Å². The minimum absolute atomic E-state index is 0.138. The molecule has 0 bridgehead atoms. The maximum absolute atomic E-state index is 12.5. The highest BCUT2D eigenvalue weighted by Gasteiger charge is 2.35. The number of urea groups is 1. The third-order valence-electron chi connectivity index (χ3n) is 4.34. The average molecular weight is 379 g/mol. The van der Waals surface area contributed by atoms with Crippen molar-refractivity contribution < 1.29 is 19.1 Å². The normalized spacial score (nSPS) is 14.9. The number of nitrogens with zero attached hydrogens (tertiary/aromatic N) is 1. The second-order valence-electron chi connectivity index (χ2n) is 6.22. The van der Waals surface area contributed by atoms with Gasteiger partial charge in [-0.25, -0.2) is 9.69 Å². The standard InChI is InChI=1S/C21H21N3O4/c1-3-14-8-10-15(11-9-14)12-17-20(26)24(21(27)23-17)13-19(25)22-16-6-4-5-7-18(16)28-2/h4-12H,3,13H2,1-2H3,(H,22,25)(H,23,27)/b17-12+. The molecule has 1 fully saturated rings. The van der Waals surface area contributed by atoms with Gasteiger partial charge in [-0.1, -0.05) is 43.3 Å². The predicted octanol–water partition coefficient (Wildman–Crippen LogP) is 2.79. The van der Waals surface area contributed by atoms with Gasteiger partial charge in [-0.3, -0.25) is 9.59 Å². The number of para-hydroxylation sites is 2. The van der Waals surface area contributed by atoms with Crippen LogP contribution in [0.3, 0.4) is 0 Å². The predicted molar refractivity (Wildman–Crippen MR) is 106 cm³/mol. The molecule has 7 nitrogen and oxygen atoms in total. The van der Waals surface area contributed by atoms with Crippen LogP contribution >= 0.6 is 0 Å². The molecule has 28 heavy (non-hydrogen) atoms. The SMILES string of the molecule is CCc1ccc(/C=C2/NC(=O)N(CC(=O)Nc3ccccc3OC)C2=O)cc1. The lowest BCUT2D eigenvalue weighted by atomic mass is 10.1. The number of carbonyl (C=O) groups is 3. The van der Waals surface area contributed by atoms with Crippen LogP contribution in [0.25, 0.3) is 6.08 Å². The van der Waals surface area contributed by atoms with Gasteiger partial charge in [0.1, 0.15) is 18.0 Å². The highest BCUT2D eigenvalue weighted by molar-refractivity contribution is 6.16. The van der Waals surface area contributed by atoms with E-state index < -0.39 is 24.4 Å². The highest BCUT2D eigenvalue weighted by atomic mass is 16.5. The fraction of sp³-hybridized carbons (Fsp3) is 0.190. The van der Waals surface area contributed by atoms with Crippen LogP contribution in [0.1, 0.15) is 18.1 Å². The molecule has 0 aliphatic carbocycles. The number of methoxy groups -OCH3 is 1. The topological polar surface area (TPSA) is 87.7 Å². The van der Waals surface area contributed by atoms with Crippen molar-refractivity contribution in [1.82, 2.24) is 10.2 Å². The zero-order chi connectivity index (χ0) is 20.1. The number of amides is 4. The Morgan fingerprint density at radius 1 is 1.14 bits per heavy atom. The summed E-state index contributed by atoms with van der Waals surface area (Å²) in [5.41, 5.74) is 2.58. The van der Waals surface area contributed by atoms with E-state index in [0.29, 0.717) is 11.4 Å². The van der Waals surface area contributed by atoms with Gasteiger partial charge in [-0.05, 0) is 35.8 Å². The Hall–Kier alpha value is -3.61. The fourth-order valence-corrected chi connectivity index (χ4v) is 2.81. The first-order valence-corrected chi connectivity index (χ1v) is 8.88. The molecule has 0 aromatic heterocycles. The van der Waals surface area contributed by atoms with Gasteiger partial charge in [0.2, 0.25) is 5.91 Å². The number of rotatable bonds is 6. The van der Waals surface area contributed by atoms with Crippen LogP contribution in [0.2, 0.25) is 0 Å². The summed E-state index contributed by atoms with van der Waals surface area (Å²) >= 11 is 0. The number of anilines is 1. The van der Waals surface area contributed by atoms with Gasteiger partial charge >= 0.3 is 6.03 Å². The summed E-state index contributed by atoms with van der Waals surface area (Å²) in [6.07, 6.45) is 2.51. The average Bonchev–Trinajstić information content (AvgIpc) is 2.96. The van der Waals surface area contributed by atoms with Gasteiger partial charge < -0.3 is 15.4 Å². The van der Waals surface area contributed by atoms with Crippen LogP contribution < -0.4 is 15.4 Å². The van der Waals surface area contributed by atoms with Crippen LogP contribution in [0.5, 0.6) is 5.75 Å². The van der Waals surface area contributed by atoms with Gasteiger partial charge in [0, 0.05) is 0 Å². The smallest absolute Gasteiger partial charge is 0.329 e. The fourth-order valence-electron chi connectivity index (χ4n) is 2.81. The monoisotopic (exact) mass is 379 g/mol. The van der Waals surface area contributed by atoms with Gasteiger partial charge in [-0.2, -0.15) is 0 Å². The second kappa shape index (κ2) is 8.39. The summed E-state index contributed by atoms with van der Waals surface area (Å²) in [6, 6.07) is 14.0. The molecule has 1 aliphatic rings. The molecular formula is C21H21N3O4. The Labute approximate surface area is 163 Å². The number of ether oxygens (including phenoxy) is 1. The van der Waals surface area contributed by atoms with Crippen LogP contribution in [0, 0.1) is 0 Å². The summed E-state index contributed by atoms with van der Waals surface area (Å²) in [5.74, 6) is -0.551. The van der Waals surface area contributed by atoms with Crippen molar-refractivity contribution in [3.05, 3.63) is 65.4 Å². The van der Waals surface area contributed by atoms with E-state index in [2.05, 4.69) is 17.6 Å². The Morgan fingerprint density at radius 3 is 2.54 bits per heavy atom. The van der Waals surface area contributed by atoms with Crippen molar-refractivity contribution in [2.24, 2.45) is 0 Å². The zero-order valence-electron chi connectivity index (χ0n) is 15.7. The van der Waals surface area contributed by atoms with E-state index in [1.54, 1.807) is 30.3 Å². The number of hydrogen-bond acceptors (Lipinski definition) is 4. The Kier molecular flexibility index (Phi) is 5.74. The van der Waals surface area contributed by atoms with Gasteiger partial charge in [0.05, 0.1) is 12.8 Å². The van der Waals surface area contributed by atoms with Gasteiger partial charge in [-0.15, -0.1) is 0 Å². The molecule has 0 atom stereocenters. The molecule has 1 saturated heterocycles. The maximum Gasteiger partial charge on any atom is 0.329 e. The molecule has 4 amide bonds. The number of aryl methyl sites for hydroxylation is 1. The van der Waals surface area contributed by atoms with Crippen molar-refractivity contribution >= 4 is 29.6 Å². The van der Waals surface area contributed by atoms with E-state index in [4.69, 9.17) is 4.74 Å². The van der Waals surface area contributed by atoms with Crippen molar-refractivity contribution in [1.29, 1.82) is 0 Å². The first kappa shape index (κ1) is 19.2. The summed E-state index contributed by atoms with van der Waals surface area (Å²) < 4.78 is 5.17. The first-order valence-electron chi connectivity index (χ1n) is 8.88. The van der Waals surface area contributed by atoms with E-state index in [0.717, 1.165) is 16.9 Å². The lowest BCUT2D eigenvalue weighted by molar-refractivity contribution is -0.127. The van der Waals surface area contributed by atoms with Gasteiger partial charge in [0.15, 0.2) is 0 Å². The van der Waals surface area contributed by atoms with Crippen molar-refractivity contribution in [2.75, 3.05) is 19.0 Å². The second-order valence-corrected chi connectivity index (χ2v) is 6.22. The van der Waals surface area contributed by atoms with E-state index in [1.807, 2.05) is 24.3 Å². The number of hydrogen-bond donors (Lipinski definition) is 2. The molecular weight excluding hydrogens is 358 g/mol. The molecule has 7 heteroatoms. The Bertz CT molecular complexity index is 935. The molecule has 2 N–H and O–H groups in total. The number of imide groups is 1. The van der Waals surface area contributed by atoms with Crippen LogP contribution in [0.4, 0.5) is 10.5 Å². The molecule has 3 rings (SSSR count). The number of benzene rings is 2. The summed E-state index contributed by atoms with van der Waals surface area (Å²) in [5, 5.41) is 5.17.